The van der Waals surface area contributed by atoms with Crippen LogP contribution in [0, 0.1) is 5.82 Å². The Morgan fingerprint density at radius 2 is 2.07 bits per heavy atom. The largest absolute Gasteiger partial charge is 0.397 e. The molecule has 0 radical (unpaired) electrons. The third-order valence-electron chi connectivity index (χ3n) is 2.17. The SMILES string of the molecule is Nc1ccc(F)cc1NCCCCCO. The Kier molecular flexibility index (Phi) is 4.90. The molecule has 0 fully saturated rings. The van der Waals surface area contributed by atoms with Gasteiger partial charge in [0.25, 0.3) is 0 Å². The second kappa shape index (κ2) is 6.24. The van der Waals surface area contributed by atoms with Crippen LogP contribution in [0.1, 0.15) is 19.3 Å². The number of halogens is 1. The van der Waals surface area contributed by atoms with Gasteiger partial charge in [0.05, 0.1) is 11.4 Å². The lowest BCUT2D eigenvalue weighted by molar-refractivity contribution is 0.283. The molecule has 0 bridgehead atoms. The minimum atomic E-state index is -0.290. The number of nitrogens with two attached hydrogens (primary N) is 1. The predicted molar refractivity (Wildman–Crippen MR) is 60.2 cm³/mol. The molecule has 0 aliphatic heterocycles. The van der Waals surface area contributed by atoms with E-state index in [1.165, 1.54) is 12.1 Å². The van der Waals surface area contributed by atoms with Gasteiger partial charge in [-0.25, -0.2) is 4.39 Å². The van der Waals surface area contributed by atoms with Crippen LogP contribution in [0.15, 0.2) is 18.2 Å². The fourth-order valence-electron chi connectivity index (χ4n) is 1.32. The molecule has 15 heavy (non-hydrogen) atoms. The first-order valence-corrected chi connectivity index (χ1v) is 5.14. The highest BCUT2D eigenvalue weighted by atomic mass is 19.1. The van der Waals surface area contributed by atoms with Gasteiger partial charge in [0.2, 0.25) is 0 Å². The average Bonchev–Trinajstić information content (AvgIpc) is 2.23. The van der Waals surface area contributed by atoms with Gasteiger partial charge in [0.1, 0.15) is 5.82 Å². The Morgan fingerprint density at radius 1 is 1.27 bits per heavy atom. The summed E-state index contributed by atoms with van der Waals surface area (Å²) in [4.78, 5) is 0. The van der Waals surface area contributed by atoms with Crippen molar-refractivity contribution < 1.29 is 9.50 Å². The Labute approximate surface area is 89.1 Å². The molecule has 0 spiro atoms. The van der Waals surface area contributed by atoms with Crippen molar-refractivity contribution in [3.8, 4) is 0 Å². The van der Waals surface area contributed by atoms with Crippen molar-refractivity contribution in [3.05, 3.63) is 24.0 Å². The average molecular weight is 212 g/mol. The molecular formula is C11H17FN2O. The first kappa shape index (κ1) is 11.8. The smallest absolute Gasteiger partial charge is 0.125 e. The van der Waals surface area contributed by atoms with E-state index in [1.807, 2.05) is 0 Å². The summed E-state index contributed by atoms with van der Waals surface area (Å²) in [6.45, 7) is 0.968. The van der Waals surface area contributed by atoms with Crippen LogP contribution in [0.3, 0.4) is 0 Å². The molecular weight excluding hydrogens is 195 g/mol. The van der Waals surface area contributed by atoms with E-state index in [9.17, 15) is 4.39 Å². The van der Waals surface area contributed by atoms with E-state index in [0.717, 1.165) is 25.8 Å². The molecule has 0 heterocycles. The second-order valence-electron chi connectivity index (χ2n) is 3.44. The summed E-state index contributed by atoms with van der Waals surface area (Å²) < 4.78 is 12.8. The number of rotatable bonds is 6. The molecule has 1 rings (SSSR count). The van der Waals surface area contributed by atoms with E-state index in [1.54, 1.807) is 6.07 Å². The van der Waals surface area contributed by atoms with E-state index < -0.39 is 0 Å². The van der Waals surface area contributed by atoms with E-state index >= 15 is 0 Å². The number of hydrogen-bond acceptors (Lipinski definition) is 3. The van der Waals surface area contributed by atoms with Crippen molar-refractivity contribution >= 4 is 11.4 Å². The van der Waals surface area contributed by atoms with Gasteiger partial charge in [-0.05, 0) is 37.5 Å². The molecule has 4 N–H and O–H groups in total. The summed E-state index contributed by atoms with van der Waals surface area (Å²) in [5.74, 6) is -0.290. The minimum absolute atomic E-state index is 0.224. The van der Waals surface area contributed by atoms with Crippen molar-refractivity contribution in [3.63, 3.8) is 0 Å². The highest BCUT2D eigenvalue weighted by molar-refractivity contribution is 5.65. The Bertz CT molecular complexity index is 305. The zero-order valence-corrected chi connectivity index (χ0v) is 8.67. The number of aliphatic hydroxyl groups excluding tert-OH is 1. The number of aliphatic hydroxyl groups is 1. The Morgan fingerprint density at radius 3 is 2.80 bits per heavy atom. The van der Waals surface area contributed by atoms with Crippen molar-refractivity contribution in [2.24, 2.45) is 0 Å². The molecule has 0 atom stereocenters. The van der Waals surface area contributed by atoms with Crippen LogP contribution in [0.5, 0.6) is 0 Å². The highest BCUT2D eigenvalue weighted by Gasteiger charge is 1.99. The summed E-state index contributed by atoms with van der Waals surface area (Å²) in [6, 6.07) is 4.28. The first-order valence-electron chi connectivity index (χ1n) is 5.14. The predicted octanol–water partition coefficient (Wildman–Crippen LogP) is 1.98. The summed E-state index contributed by atoms with van der Waals surface area (Å²) in [5, 5.41) is 11.6. The van der Waals surface area contributed by atoms with Gasteiger partial charge >= 0.3 is 0 Å². The molecule has 0 aliphatic rings. The minimum Gasteiger partial charge on any atom is -0.397 e. The lowest BCUT2D eigenvalue weighted by atomic mass is 10.2. The molecule has 4 heteroatoms. The zero-order valence-electron chi connectivity index (χ0n) is 8.67. The van der Waals surface area contributed by atoms with Gasteiger partial charge in [-0.15, -0.1) is 0 Å². The van der Waals surface area contributed by atoms with Gasteiger partial charge in [-0.3, -0.25) is 0 Å². The zero-order chi connectivity index (χ0) is 11.1. The number of nitrogen functional groups attached to an aromatic ring is 1. The van der Waals surface area contributed by atoms with Crippen molar-refractivity contribution in [2.45, 2.75) is 19.3 Å². The number of unbranched alkanes of at least 4 members (excludes halogenated alkanes) is 2. The maximum absolute atomic E-state index is 12.8. The third kappa shape index (κ3) is 4.16. The molecule has 1 aromatic carbocycles. The topological polar surface area (TPSA) is 58.3 Å². The molecule has 84 valence electrons. The molecule has 0 aliphatic carbocycles. The van der Waals surface area contributed by atoms with Crippen LogP contribution in [0.2, 0.25) is 0 Å². The van der Waals surface area contributed by atoms with E-state index in [2.05, 4.69) is 5.32 Å². The van der Waals surface area contributed by atoms with Gasteiger partial charge in [0, 0.05) is 13.2 Å². The van der Waals surface area contributed by atoms with Crippen molar-refractivity contribution in [1.29, 1.82) is 0 Å². The molecule has 0 amide bonds. The molecule has 0 saturated heterocycles. The van der Waals surface area contributed by atoms with Crippen LogP contribution in [-0.4, -0.2) is 18.3 Å². The normalized spacial score (nSPS) is 10.3. The van der Waals surface area contributed by atoms with Gasteiger partial charge in [-0.1, -0.05) is 0 Å². The molecule has 1 aromatic rings. The Hall–Kier alpha value is -1.29. The lowest BCUT2D eigenvalue weighted by Crippen LogP contribution is -2.04. The highest BCUT2D eigenvalue weighted by Crippen LogP contribution is 2.19. The molecule has 3 nitrogen and oxygen atoms in total. The monoisotopic (exact) mass is 212 g/mol. The fraction of sp³-hybridized carbons (Fsp3) is 0.455. The maximum Gasteiger partial charge on any atom is 0.125 e. The summed E-state index contributed by atoms with van der Waals surface area (Å²) in [6.07, 6.45) is 2.70. The van der Waals surface area contributed by atoms with Gasteiger partial charge < -0.3 is 16.2 Å². The number of anilines is 2. The fourth-order valence-corrected chi connectivity index (χ4v) is 1.32. The maximum atomic E-state index is 12.8. The van der Waals surface area contributed by atoms with E-state index in [0.29, 0.717) is 11.4 Å². The first-order chi connectivity index (χ1) is 7.24. The number of nitrogens with one attached hydrogen (secondary N) is 1. The van der Waals surface area contributed by atoms with Crippen LogP contribution in [0.25, 0.3) is 0 Å². The summed E-state index contributed by atoms with van der Waals surface area (Å²) in [5.41, 5.74) is 6.85. The van der Waals surface area contributed by atoms with Crippen LogP contribution < -0.4 is 11.1 Å². The van der Waals surface area contributed by atoms with Crippen LogP contribution >= 0.6 is 0 Å². The van der Waals surface area contributed by atoms with E-state index in [4.69, 9.17) is 10.8 Å². The van der Waals surface area contributed by atoms with E-state index in [-0.39, 0.29) is 12.4 Å². The molecule has 0 saturated carbocycles. The summed E-state index contributed by atoms with van der Waals surface area (Å²) in [7, 11) is 0. The summed E-state index contributed by atoms with van der Waals surface area (Å²) >= 11 is 0. The molecule has 0 aromatic heterocycles. The van der Waals surface area contributed by atoms with Gasteiger partial charge in [0.15, 0.2) is 0 Å². The van der Waals surface area contributed by atoms with Crippen LogP contribution in [-0.2, 0) is 0 Å². The van der Waals surface area contributed by atoms with Crippen LogP contribution in [0.4, 0.5) is 15.8 Å². The quantitative estimate of drug-likeness (QED) is 0.499. The number of hydrogen-bond donors (Lipinski definition) is 3. The second-order valence-corrected chi connectivity index (χ2v) is 3.44. The van der Waals surface area contributed by atoms with Crippen molar-refractivity contribution in [2.75, 3.05) is 24.2 Å². The number of benzene rings is 1. The Balaban J connectivity index is 2.33. The van der Waals surface area contributed by atoms with Crippen molar-refractivity contribution in [1.82, 2.24) is 0 Å². The van der Waals surface area contributed by atoms with Gasteiger partial charge in [-0.2, -0.15) is 0 Å². The molecule has 0 unspecified atom stereocenters. The third-order valence-corrected chi connectivity index (χ3v) is 2.17. The standard InChI is InChI=1S/C11H17FN2O/c12-9-4-5-10(13)11(8-9)14-6-2-1-3-7-15/h4-5,8,14-15H,1-3,6-7,13H2. The lowest BCUT2D eigenvalue weighted by Gasteiger charge is -2.08.